The maximum Gasteiger partial charge on any atom is 0.511 e. The molecule has 3 aromatic carbocycles. The normalized spacial score (nSPS) is 19.2. The molecule has 2 aliphatic rings. The fourth-order valence-corrected chi connectivity index (χ4v) is 8.09. The van der Waals surface area contributed by atoms with Crippen molar-refractivity contribution in [2.75, 3.05) is 49.2 Å². The highest BCUT2D eigenvalue weighted by molar-refractivity contribution is 5.69. The van der Waals surface area contributed by atoms with E-state index in [0.717, 1.165) is 43.6 Å². The van der Waals surface area contributed by atoms with Gasteiger partial charge < -0.3 is 33.5 Å². The van der Waals surface area contributed by atoms with Crippen molar-refractivity contribution < 1.29 is 42.1 Å². The fourth-order valence-electron chi connectivity index (χ4n) is 8.09. The van der Waals surface area contributed by atoms with Gasteiger partial charge in [0.1, 0.15) is 48.1 Å². The summed E-state index contributed by atoms with van der Waals surface area (Å²) in [5.41, 5.74) is 1.61. The van der Waals surface area contributed by atoms with Crippen molar-refractivity contribution in [3.05, 3.63) is 113 Å². The average Bonchev–Trinajstić information content (AvgIpc) is 4.02. The Morgan fingerprint density at radius 1 is 0.871 bits per heavy atom. The summed E-state index contributed by atoms with van der Waals surface area (Å²) >= 11 is 0. The van der Waals surface area contributed by atoms with Crippen molar-refractivity contribution in [3.8, 4) is 11.4 Å². The lowest BCUT2D eigenvalue weighted by atomic mass is 9.87. The van der Waals surface area contributed by atoms with Crippen molar-refractivity contribution in [2.45, 2.75) is 84.0 Å². The summed E-state index contributed by atoms with van der Waals surface area (Å²) in [5.74, 6) is -1.11. The molecular weight excluding hydrogens is 807 g/mol. The van der Waals surface area contributed by atoms with Crippen LogP contribution in [0, 0.1) is 17.6 Å². The second-order valence-electron chi connectivity index (χ2n) is 15.6. The largest absolute Gasteiger partial charge is 0.511 e. The minimum atomic E-state index is -1.11. The molecule has 7 rings (SSSR count). The molecule has 0 saturated carbocycles. The van der Waals surface area contributed by atoms with Gasteiger partial charge in [-0.3, -0.25) is 4.79 Å². The molecule has 330 valence electrons. The van der Waals surface area contributed by atoms with Crippen LogP contribution < -0.4 is 20.2 Å². The van der Waals surface area contributed by atoms with E-state index in [4.69, 9.17) is 23.7 Å². The van der Waals surface area contributed by atoms with Crippen LogP contribution in [0.1, 0.15) is 65.0 Å². The van der Waals surface area contributed by atoms with Gasteiger partial charge in [0.15, 0.2) is 0 Å². The number of hydrogen-bond donors (Lipinski definition) is 0. The molecule has 5 aromatic rings. The van der Waals surface area contributed by atoms with Crippen molar-refractivity contribution >= 4 is 23.5 Å². The number of anilines is 2. The van der Waals surface area contributed by atoms with E-state index in [1.165, 1.54) is 41.0 Å². The predicted octanol–water partition coefficient (Wildman–Crippen LogP) is 6.42. The predicted molar refractivity (Wildman–Crippen MR) is 223 cm³/mol. The highest BCUT2D eigenvalue weighted by Gasteiger charge is 2.44. The third-order valence-corrected chi connectivity index (χ3v) is 11.2. The molecule has 0 N–H and O–H groups in total. The molecular formula is C44H52F2N8O8. The minimum Gasteiger partial charge on any atom is -0.493 e. The summed E-state index contributed by atoms with van der Waals surface area (Å²) in [6.45, 7) is 10.9. The molecule has 16 nitrogen and oxygen atoms in total. The number of ether oxygens (including phenoxy) is 5. The number of rotatable bonds is 17. The van der Waals surface area contributed by atoms with Crippen LogP contribution in [-0.2, 0) is 35.9 Å². The standard InChI is InChI=1S/C44H52F2N8O8/c1-5-7-41(55)61-31(4)62-43(57)60-30(3)40(6-2)54-42(56)53(29-49-54)36-11-9-34(10-12-36)50-18-20-51(21-19-50)35-13-15-37(16-14-35)58-24-32-23-44(59-25-32,26-52-28-47-27-48-52)38-17-8-33(45)22-39(38)46/h8-17,22,27-32,40H,5-7,18-21,23-26H2,1-4H3/t30-,31?,32+,40-,44-/m0/s1. The van der Waals surface area contributed by atoms with Gasteiger partial charge in [0.05, 0.1) is 31.5 Å². The molecule has 2 saturated heterocycles. The first-order valence-electron chi connectivity index (χ1n) is 20.9. The molecule has 18 heteroatoms. The molecule has 0 aliphatic carbocycles. The lowest BCUT2D eigenvalue weighted by Gasteiger charge is -2.37. The highest BCUT2D eigenvalue weighted by Crippen LogP contribution is 2.42. The van der Waals surface area contributed by atoms with E-state index in [1.54, 1.807) is 17.9 Å². The molecule has 2 fully saturated rings. The Kier molecular flexibility index (Phi) is 13.8. The number of benzene rings is 3. The zero-order valence-corrected chi connectivity index (χ0v) is 35.3. The quantitative estimate of drug-likeness (QED) is 0.0746. The van der Waals surface area contributed by atoms with Gasteiger partial charge in [0.25, 0.3) is 0 Å². The van der Waals surface area contributed by atoms with Crippen LogP contribution in [0.5, 0.6) is 5.75 Å². The van der Waals surface area contributed by atoms with Crippen LogP contribution in [0.25, 0.3) is 5.69 Å². The van der Waals surface area contributed by atoms with E-state index < -0.39 is 47.8 Å². The van der Waals surface area contributed by atoms with Gasteiger partial charge in [-0.25, -0.2) is 37.3 Å². The molecule has 0 radical (unpaired) electrons. The number of hydrogen-bond acceptors (Lipinski definition) is 13. The first-order valence-corrected chi connectivity index (χ1v) is 20.9. The number of esters is 1. The second-order valence-corrected chi connectivity index (χ2v) is 15.6. The van der Waals surface area contributed by atoms with Gasteiger partial charge in [-0.15, -0.1) is 0 Å². The Morgan fingerprint density at radius 2 is 1.55 bits per heavy atom. The van der Waals surface area contributed by atoms with Gasteiger partial charge in [-0.1, -0.05) is 19.9 Å². The molecule has 0 spiro atoms. The van der Waals surface area contributed by atoms with Crippen LogP contribution in [0.15, 0.2) is 90.5 Å². The zero-order valence-electron chi connectivity index (χ0n) is 35.3. The number of aromatic nitrogens is 6. The molecule has 2 aliphatic heterocycles. The average molecular weight is 859 g/mol. The zero-order chi connectivity index (χ0) is 43.8. The topological polar surface area (TPSA) is 157 Å². The summed E-state index contributed by atoms with van der Waals surface area (Å²) in [4.78, 5) is 46.2. The molecule has 5 atom stereocenters. The maximum absolute atomic E-state index is 15.0. The van der Waals surface area contributed by atoms with E-state index in [-0.39, 0.29) is 30.1 Å². The number of carbonyl (C=O) groups excluding carboxylic acids is 2. The smallest absolute Gasteiger partial charge is 0.493 e. The number of nitrogens with zero attached hydrogens (tertiary/aromatic N) is 8. The third-order valence-electron chi connectivity index (χ3n) is 11.2. The third kappa shape index (κ3) is 10.2. The Bertz CT molecular complexity index is 2320. The Labute approximate surface area is 357 Å². The van der Waals surface area contributed by atoms with Gasteiger partial charge in [0.2, 0.25) is 6.29 Å². The lowest BCUT2D eigenvalue weighted by molar-refractivity contribution is -0.169. The minimum absolute atomic E-state index is 0.0359. The monoisotopic (exact) mass is 858 g/mol. The van der Waals surface area contributed by atoms with E-state index >= 15 is 4.39 Å². The van der Waals surface area contributed by atoms with Gasteiger partial charge in [0, 0.05) is 68.4 Å². The molecule has 2 aromatic heterocycles. The van der Waals surface area contributed by atoms with Crippen LogP contribution in [0.3, 0.4) is 0 Å². The van der Waals surface area contributed by atoms with Crippen LogP contribution in [0.2, 0.25) is 0 Å². The lowest BCUT2D eigenvalue weighted by Crippen LogP contribution is -2.46. The number of piperazine rings is 1. The van der Waals surface area contributed by atoms with E-state index in [1.807, 2.05) is 62.4 Å². The summed E-state index contributed by atoms with van der Waals surface area (Å²) < 4.78 is 61.1. The summed E-state index contributed by atoms with van der Waals surface area (Å²) in [6, 6.07) is 18.7. The molecule has 0 bridgehead atoms. The van der Waals surface area contributed by atoms with Gasteiger partial charge >= 0.3 is 17.8 Å². The second kappa shape index (κ2) is 19.6. The van der Waals surface area contributed by atoms with Crippen molar-refractivity contribution in [1.82, 2.24) is 29.1 Å². The SMILES string of the molecule is CCCC(=O)OC(C)OC(=O)O[C@@H](C)[C@H](CC)n1ncn(-c2ccc(N3CCN(c4ccc(OC[C@@H]5CO[C@@](Cn6cncn6)(c6ccc(F)cc6F)C5)cc4)CC3)cc2)c1=O. The first kappa shape index (κ1) is 43.8. The van der Waals surface area contributed by atoms with Gasteiger partial charge in [-0.05, 0) is 80.8 Å². The Hall–Kier alpha value is -6.30. The first-order chi connectivity index (χ1) is 29.9. The van der Waals surface area contributed by atoms with E-state index in [0.29, 0.717) is 43.9 Å². The van der Waals surface area contributed by atoms with Gasteiger partial charge in [-0.2, -0.15) is 10.2 Å². The maximum atomic E-state index is 15.0. The Balaban J connectivity index is 0.889. The number of halogens is 2. The number of carbonyl (C=O) groups is 2. The highest BCUT2D eigenvalue weighted by atomic mass is 19.1. The summed E-state index contributed by atoms with van der Waals surface area (Å²) in [7, 11) is 0. The molecule has 0 amide bonds. The van der Waals surface area contributed by atoms with E-state index in [2.05, 4.69) is 25.0 Å². The van der Waals surface area contributed by atoms with Crippen molar-refractivity contribution in [2.24, 2.45) is 5.92 Å². The summed E-state index contributed by atoms with van der Waals surface area (Å²) in [5, 5.41) is 8.52. The van der Waals surface area contributed by atoms with E-state index in [9.17, 15) is 18.8 Å². The molecule has 62 heavy (non-hydrogen) atoms. The van der Waals surface area contributed by atoms with Crippen LogP contribution >= 0.6 is 0 Å². The summed E-state index contributed by atoms with van der Waals surface area (Å²) in [6.07, 6.45) is 3.24. The van der Waals surface area contributed by atoms with Crippen molar-refractivity contribution in [1.29, 1.82) is 0 Å². The molecule has 1 unspecified atom stereocenters. The Morgan fingerprint density at radius 3 is 2.18 bits per heavy atom. The fraction of sp³-hybridized carbons (Fsp3) is 0.455. The van der Waals surface area contributed by atoms with Crippen molar-refractivity contribution in [3.63, 3.8) is 0 Å². The molecule has 4 heterocycles. The van der Waals surface area contributed by atoms with Crippen LogP contribution in [0.4, 0.5) is 25.0 Å². The van der Waals surface area contributed by atoms with Crippen LogP contribution in [-0.4, -0.2) is 93.0 Å².